The molecule has 0 aliphatic rings. The zero-order chi connectivity index (χ0) is 14.5. The van der Waals surface area contributed by atoms with Gasteiger partial charge in [-0.15, -0.1) is 0 Å². The predicted octanol–water partition coefficient (Wildman–Crippen LogP) is 4.65. The van der Waals surface area contributed by atoms with Gasteiger partial charge in [0.1, 0.15) is 12.4 Å². The van der Waals surface area contributed by atoms with E-state index in [0.29, 0.717) is 13.2 Å². The first-order valence-electron chi connectivity index (χ1n) is 7.12. The second-order valence-corrected chi connectivity index (χ2v) is 11.3. The van der Waals surface area contributed by atoms with E-state index in [2.05, 4.69) is 52.9 Å². The van der Waals surface area contributed by atoms with Crippen molar-refractivity contribution in [1.82, 2.24) is 0 Å². The van der Waals surface area contributed by atoms with Crippen molar-refractivity contribution >= 4 is 8.32 Å². The Morgan fingerprint density at radius 2 is 1.79 bits per heavy atom. The molecule has 0 heterocycles. The first kappa shape index (κ1) is 16.3. The molecule has 0 saturated carbocycles. The molecule has 1 aromatic rings. The SMILES string of the molecule is CCc1cccc(OCCO[Si](C)(C)C(C)(C)C)c1. The molecule has 0 N–H and O–H groups in total. The van der Waals surface area contributed by atoms with Crippen LogP contribution in [0.2, 0.25) is 18.1 Å². The molecule has 1 aromatic carbocycles. The van der Waals surface area contributed by atoms with Crippen molar-refractivity contribution < 1.29 is 9.16 Å². The number of hydrogen-bond acceptors (Lipinski definition) is 2. The molecule has 2 nitrogen and oxygen atoms in total. The van der Waals surface area contributed by atoms with Crippen molar-refractivity contribution in [3.05, 3.63) is 29.8 Å². The molecule has 0 fully saturated rings. The van der Waals surface area contributed by atoms with Gasteiger partial charge in [0.05, 0.1) is 6.61 Å². The van der Waals surface area contributed by atoms with E-state index in [1.807, 2.05) is 12.1 Å². The van der Waals surface area contributed by atoms with Crippen molar-refractivity contribution in [3.63, 3.8) is 0 Å². The van der Waals surface area contributed by atoms with E-state index in [1.54, 1.807) is 0 Å². The second kappa shape index (κ2) is 6.57. The summed E-state index contributed by atoms with van der Waals surface area (Å²) >= 11 is 0. The van der Waals surface area contributed by atoms with Gasteiger partial charge in [-0.05, 0) is 42.2 Å². The van der Waals surface area contributed by atoms with Gasteiger partial charge >= 0.3 is 0 Å². The summed E-state index contributed by atoms with van der Waals surface area (Å²) in [6.45, 7) is 14.8. The highest BCUT2D eigenvalue weighted by Crippen LogP contribution is 2.36. The molecule has 0 aliphatic carbocycles. The number of rotatable bonds is 6. The summed E-state index contributed by atoms with van der Waals surface area (Å²) in [6, 6.07) is 8.28. The van der Waals surface area contributed by atoms with Crippen LogP contribution in [0.25, 0.3) is 0 Å². The van der Waals surface area contributed by atoms with Gasteiger partial charge in [0.25, 0.3) is 0 Å². The molecule has 3 heteroatoms. The standard InChI is InChI=1S/C16H28O2Si/c1-7-14-9-8-10-15(13-14)17-11-12-18-19(5,6)16(2,3)4/h8-10,13H,7,11-12H2,1-6H3. The molecule has 0 aromatic heterocycles. The molecule has 0 unspecified atom stereocenters. The molecular weight excluding hydrogens is 252 g/mol. The Balaban J connectivity index is 2.39. The molecule has 0 amide bonds. The molecule has 1 rings (SSSR count). The summed E-state index contributed by atoms with van der Waals surface area (Å²) in [5.74, 6) is 0.943. The van der Waals surface area contributed by atoms with Crippen molar-refractivity contribution in [1.29, 1.82) is 0 Å². The van der Waals surface area contributed by atoms with E-state index in [-0.39, 0.29) is 5.04 Å². The molecule has 19 heavy (non-hydrogen) atoms. The lowest BCUT2D eigenvalue weighted by atomic mass is 10.2. The molecule has 0 radical (unpaired) electrons. The van der Waals surface area contributed by atoms with Crippen LogP contribution in [0.4, 0.5) is 0 Å². The van der Waals surface area contributed by atoms with Crippen molar-refractivity contribution in [2.24, 2.45) is 0 Å². The summed E-state index contributed by atoms with van der Waals surface area (Å²) in [6.07, 6.45) is 1.04. The third-order valence-electron chi connectivity index (χ3n) is 3.93. The Morgan fingerprint density at radius 1 is 1.11 bits per heavy atom. The number of hydrogen-bond donors (Lipinski definition) is 0. The summed E-state index contributed by atoms with van der Waals surface area (Å²) < 4.78 is 11.8. The maximum absolute atomic E-state index is 6.09. The van der Waals surface area contributed by atoms with E-state index in [4.69, 9.17) is 9.16 Å². The summed E-state index contributed by atoms with van der Waals surface area (Å²) in [4.78, 5) is 0. The molecule has 0 aliphatic heterocycles. The summed E-state index contributed by atoms with van der Waals surface area (Å²) in [5, 5.41) is 0.259. The van der Waals surface area contributed by atoms with Crippen LogP contribution in [0, 0.1) is 0 Å². The van der Waals surface area contributed by atoms with Crippen molar-refractivity contribution in [3.8, 4) is 5.75 Å². The van der Waals surface area contributed by atoms with Gasteiger partial charge in [-0.25, -0.2) is 0 Å². The van der Waals surface area contributed by atoms with Gasteiger partial charge in [-0.2, -0.15) is 0 Å². The van der Waals surface area contributed by atoms with Gasteiger partial charge in [0, 0.05) is 0 Å². The smallest absolute Gasteiger partial charge is 0.192 e. The zero-order valence-electron chi connectivity index (χ0n) is 13.2. The quantitative estimate of drug-likeness (QED) is 0.558. The third-order valence-corrected chi connectivity index (χ3v) is 8.47. The maximum Gasteiger partial charge on any atom is 0.192 e. The van der Waals surface area contributed by atoms with Crippen LogP contribution in [0.3, 0.4) is 0 Å². The van der Waals surface area contributed by atoms with Crippen LogP contribution >= 0.6 is 0 Å². The normalized spacial score (nSPS) is 12.5. The lowest BCUT2D eigenvalue weighted by Crippen LogP contribution is -2.41. The molecule has 0 atom stereocenters. The van der Waals surface area contributed by atoms with Gasteiger partial charge in [0.2, 0.25) is 0 Å². The predicted molar refractivity (Wildman–Crippen MR) is 84.5 cm³/mol. The molecule has 0 spiro atoms. The van der Waals surface area contributed by atoms with E-state index in [0.717, 1.165) is 12.2 Å². The van der Waals surface area contributed by atoms with Crippen LogP contribution in [0.1, 0.15) is 33.3 Å². The minimum Gasteiger partial charge on any atom is -0.491 e. The fraction of sp³-hybridized carbons (Fsp3) is 0.625. The first-order chi connectivity index (χ1) is 8.76. The van der Waals surface area contributed by atoms with Crippen LogP contribution < -0.4 is 4.74 Å². The second-order valence-electron chi connectivity index (χ2n) is 6.46. The van der Waals surface area contributed by atoms with E-state index in [1.165, 1.54) is 5.56 Å². The van der Waals surface area contributed by atoms with Gasteiger partial charge < -0.3 is 9.16 Å². The lowest BCUT2D eigenvalue weighted by molar-refractivity contribution is 0.203. The van der Waals surface area contributed by atoms with E-state index < -0.39 is 8.32 Å². The highest BCUT2D eigenvalue weighted by Gasteiger charge is 2.36. The number of benzene rings is 1. The average molecular weight is 280 g/mol. The average Bonchev–Trinajstić information content (AvgIpc) is 2.33. The first-order valence-corrected chi connectivity index (χ1v) is 10.0. The summed E-state index contributed by atoms with van der Waals surface area (Å²) in [7, 11) is -1.64. The summed E-state index contributed by atoms with van der Waals surface area (Å²) in [5.41, 5.74) is 1.31. The van der Waals surface area contributed by atoms with Crippen LogP contribution in [0.15, 0.2) is 24.3 Å². The Kier molecular flexibility index (Phi) is 5.62. The highest BCUT2D eigenvalue weighted by molar-refractivity contribution is 6.74. The van der Waals surface area contributed by atoms with Gasteiger partial charge in [0.15, 0.2) is 8.32 Å². The number of ether oxygens (including phenoxy) is 1. The Morgan fingerprint density at radius 3 is 2.37 bits per heavy atom. The topological polar surface area (TPSA) is 18.5 Å². The fourth-order valence-corrected chi connectivity index (χ4v) is 2.55. The van der Waals surface area contributed by atoms with Crippen LogP contribution in [-0.2, 0) is 10.8 Å². The van der Waals surface area contributed by atoms with Crippen molar-refractivity contribution in [2.45, 2.75) is 52.2 Å². The van der Waals surface area contributed by atoms with Crippen LogP contribution in [0.5, 0.6) is 5.75 Å². The van der Waals surface area contributed by atoms with Crippen molar-refractivity contribution in [2.75, 3.05) is 13.2 Å². The Labute approximate surface area is 119 Å². The number of aryl methyl sites for hydroxylation is 1. The third kappa shape index (κ3) is 5.00. The van der Waals surface area contributed by atoms with E-state index in [9.17, 15) is 0 Å². The minimum absolute atomic E-state index is 0.259. The molecule has 0 saturated heterocycles. The van der Waals surface area contributed by atoms with Crippen LogP contribution in [-0.4, -0.2) is 21.5 Å². The van der Waals surface area contributed by atoms with Gasteiger partial charge in [-0.3, -0.25) is 0 Å². The Hall–Kier alpha value is -0.803. The molecular formula is C16H28O2Si. The fourth-order valence-electron chi connectivity index (χ4n) is 1.53. The highest BCUT2D eigenvalue weighted by atomic mass is 28.4. The minimum atomic E-state index is -1.64. The lowest BCUT2D eigenvalue weighted by Gasteiger charge is -2.36. The van der Waals surface area contributed by atoms with E-state index >= 15 is 0 Å². The van der Waals surface area contributed by atoms with Gasteiger partial charge in [-0.1, -0.05) is 39.8 Å². The largest absolute Gasteiger partial charge is 0.491 e. The maximum atomic E-state index is 6.09. The molecule has 108 valence electrons. The Bertz CT molecular complexity index is 394. The zero-order valence-corrected chi connectivity index (χ0v) is 14.2. The monoisotopic (exact) mass is 280 g/mol. The molecule has 0 bridgehead atoms.